The van der Waals surface area contributed by atoms with Gasteiger partial charge in [0.2, 0.25) is 5.91 Å². The highest BCUT2D eigenvalue weighted by Crippen LogP contribution is 2.44. The first kappa shape index (κ1) is 45.3. The first-order valence-electron chi connectivity index (χ1n) is 20.6. The monoisotopic (exact) mass is 843 g/mol. The van der Waals surface area contributed by atoms with Crippen LogP contribution in [0.3, 0.4) is 0 Å². The van der Waals surface area contributed by atoms with Crippen molar-refractivity contribution < 1.29 is 53.8 Å². The van der Waals surface area contributed by atoms with Gasteiger partial charge in [-0.25, -0.2) is 9.78 Å². The van der Waals surface area contributed by atoms with Gasteiger partial charge in [-0.2, -0.15) is 0 Å². The lowest BCUT2D eigenvalue weighted by Crippen LogP contribution is -2.59. The smallest absolute Gasteiger partial charge is 0.340 e. The van der Waals surface area contributed by atoms with Crippen molar-refractivity contribution in [2.45, 2.75) is 109 Å². The SMILES string of the molecule is C=Cc1c(C)c2cc3nc(c(CC(=O)OC)c4nc(cc5[nH]c(cc1[nH]2)c(C)c5CC)C(C)=C4C(=O)OC)[C@@H](CCC(=O)NCCCO[C@@H]1O[C@H](CO)[C@@H](O)[C@H](O)[C@H]1O)[C@@H]3C. The Bertz CT molecular complexity index is 2380. The Morgan fingerprint density at radius 3 is 2.33 bits per heavy atom. The molecule has 16 heteroatoms. The number of carbonyl (C=O) groups excluding carboxylic acids is 3. The van der Waals surface area contributed by atoms with Crippen LogP contribution in [-0.4, -0.2) is 123 Å². The zero-order chi connectivity index (χ0) is 44.3. The third-order valence-corrected chi connectivity index (χ3v) is 12.1. The molecule has 61 heavy (non-hydrogen) atoms. The molecule has 6 heterocycles. The quantitative estimate of drug-likeness (QED) is 0.0901. The minimum atomic E-state index is -1.56. The molecule has 0 radical (unpaired) electrons. The molecule has 0 aromatic carbocycles. The topological polar surface area (TPSA) is 238 Å². The number of aromatic nitrogens is 4. The number of aromatic amines is 2. The number of allylic oxidation sites excluding steroid dienone is 1. The molecule has 7 N–H and O–H groups in total. The summed E-state index contributed by atoms with van der Waals surface area (Å²) in [5.41, 5.74) is 10.7. The van der Waals surface area contributed by atoms with Crippen LogP contribution in [0, 0.1) is 13.8 Å². The number of rotatable bonds is 14. The fourth-order valence-electron chi connectivity index (χ4n) is 8.48. The maximum Gasteiger partial charge on any atom is 0.340 e. The molecule has 8 bridgehead atoms. The standard InChI is InChI=1S/C45H57N5O11/c1-9-25-21(3)29-17-31-23(5)27(12-13-36(52)46-14-11-15-60-45-43(56)42(55)41(54)35(20-51)61-45)39(49-31)28(16-37(53)58-7)40-38(44(57)59-8)24(6)32(50-40)19-34-26(10-2)22(4)30(48-34)18-33(25)47-29/h9,17-19,23,27,35,41-43,45,47-48,51,54-56H,1,10-16,20H2,2-8H3,(H,46,52)/t23-,27-,35+,41+,42-,43+,45+/m0/s1. The van der Waals surface area contributed by atoms with Crippen molar-refractivity contribution in [3.8, 4) is 0 Å². The average Bonchev–Trinajstić information content (AvgIpc) is 3.93. The van der Waals surface area contributed by atoms with Crippen LogP contribution < -0.4 is 5.32 Å². The van der Waals surface area contributed by atoms with Gasteiger partial charge < -0.3 is 54.7 Å². The Kier molecular flexibility index (Phi) is 14.3. The van der Waals surface area contributed by atoms with Crippen LogP contribution in [0.15, 0.2) is 24.8 Å². The van der Waals surface area contributed by atoms with E-state index in [0.717, 1.165) is 50.7 Å². The zero-order valence-electron chi connectivity index (χ0n) is 35.8. The number of carbonyl (C=O) groups is 3. The molecule has 7 atom stereocenters. The van der Waals surface area contributed by atoms with E-state index in [1.165, 1.54) is 14.2 Å². The van der Waals surface area contributed by atoms with E-state index in [2.05, 4.69) is 41.8 Å². The Balaban J connectivity index is 1.40. The molecular formula is C45H57N5O11. The van der Waals surface area contributed by atoms with Gasteiger partial charge >= 0.3 is 11.9 Å². The molecule has 0 aliphatic carbocycles. The normalized spacial score (nSPS) is 22.6. The molecule has 1 amide bonds. The number of fused-ring (bicyclic) bond motifs is 8. The number of ether oxygens (including phenoxy) is 4. The number of amides is 1. The molecule has 3 aromatic rings. The molecule has 1 fully saturated rings. The number of aliphatic hydroxyl groups is 4. The molecule has 6 rings (SSSR count). The van der Waals surface area contributed by atoms with Gasteiger partial charge in [0.25, 0.3) is 0 Å². The zero-order valence-corrected chi connectivity index (χ0v) is 35.8. The third kappa shape index (κ3) is 9.06. The van der Waals surface area contributed by atoms with Crippen molar-refractivity contribution in [1.29, 1.82) is 0 Å². The first-order chi connectivity index (χ1) is 29.2. The molecule has 328 valence electrons. The summed E-state index contributed by atoms with van der Waals surface area (Å²) < 4.78 is 21.4. The van der Waals surface area contributed by atoms with Crippen molar-refractivity contribution in [3.05, 3.63) is 75.4 Å². The van der Waals surface area contributed by atoms with Crippen LogP contribution in [0.4, 0.5) is 0 Å². The summed E-state index contributed by atoms with van der Waals surface area (Å²) in [6.45, 7) is 13.8. The maximum atomic E-state index is 13.6. The van der Waals surface area contributed by atoms with Crippen molar-refractivity contribution in [1.82, 2.24) is 25.3 Å². The minimum absolute atomic E-state index is 0.0446. The summed E-state index contributed by atoms with van der Waals surface area (Å²) >= 11 is 0. The van der Waals surface area contributed by atoms with E-state index in [-0.39, 0.29) is 49.1 Å². The number of aryl methyl sites for hydroxylation is 3. The second kappa shape index (κ2) is 19.2. The van der Waals surface area contributed by atoms with Gasteiger partial charge in [0, 0.05) is 63.7 Å². The highest BCUT2D eigenvalue weighted by molar-refractivity contribution is 6.25. The van der Waals surface area contributed by atoms with Crippen molar-refractivity contribution in [3.63, 3.8) is 0 Å². The molecule has 0 unspecified atom stereocenters. The summed E-state index contributed by atoms with van der Waals surface area (Å²) in [6.07, 6.45) is -3.89. The van der Waals surface area contributed by atoms with Crippen molar-refractivity contribution in [2.75, 3.05) is 34.0 Å². The van der Waals surface area contributed by atoms with Crippen LogP contribution in [0.1, 0.15) is 102 Å². The molecule has 3 aliphatic rings. The van der Waals surface area contributed by atoms with E-state index in [0.29, 0.717) is 41.1 Å². The maximum absolute atomic E-state index is 13.6. The van der Waals surface area contributed by atoms with Crippen molar-refractivity contribution in [2.24, 2.45) is 0 Å². The predicted octanol–water partition coefficient (Wildman–Crippen LogP) is 3.95. The fraction of sp³-hybridized carbons (Fsp3) is 0.489. The number of aliphatic hydroxyl groups excluding tert-OH is 4. The van der Waals surface area contributed by atoms with Crippen LogP contribution in [-0.2, 0) is 46.2 Å². The lowest BCUT2D eigenvalue weighted by atomic mass is 9.84. The van der Waals surface area contributed by atoms with E-state index < -0.39 is 55.2 Å². The van der Waals surface area contributed by atoms with Gasteiger partial charge in [0.1, 0.15) is 24.4 Å². The second-order valence-corrected chi connectivity index (χ2v) is 15.7. The van der Waals surface area contributed by atoms with E-state index in [4.69, 9.17) is 28.9 Å². The first-order valence-corrected chi connectivity index (χ1v) is 20.6. The van der Waals surface area contributed by atoms with Gasteiger partial charge in [-0.1, -0.05) is 26.5 Å². The molecule has 0 spiro atoms. The van der Waals surface area contributed by atoms with Gasteiger partial charge in [-0.15, -0.1) is 0 Å². The third-order valence-electron chi connectivity index (χ3n) is 12.1. The number of nitrogens with one attached hydrogen (secondary N) is 3. The summed E-state index contributed by atoms with van der Waals surface area (Å²) in [4.78, 5) is 57.7. The highest BCUT2D eigenvalue weighted by atomic mass is 16.7. The molecule has 16 nitrogen and oxygen atoms in total. The second-order valence-electron chi connectivity index (χ2n) is 15.7. The van der Waals surface area contributed by atoms with Crippen LogP contribution in [0.25, 0.3) is 39.3 Å². The summed E-state index contributed by atoms with van der Waals surface area (Å²) in [5.74, 6) is -2.06. The van der Waals surface area contributed by atoms with Crippen molar-refractivity contribution >= 4 is 57.1 Å². The van der Waals surface area contributed by atoms with Crippen LogP contribution >= 0.6 is 0 Å². The number of methoxy groups -OCH3 is 2. The number of hydrogen-bond donors (Lipinski definition) is 7. The molecule has 0 saturated carbocycles. The largest absolute Gasteiger partial charge is 0.469 e. The summed E-state index contributed by atoms with van der Waals surface area (Å²) in [7, 11) is 2.59. The minimum Gasteiger partial charge on any atom is -0.469 e. The molecule has 3 aliphatic heterocycles. The number of nitrogens with zero attached hydrogens (tertiary/aromatic N) is 2. The Labute approximate surface area is 354 Å². The van der Waals surface area contributed by atoms with Crippen LogP contribution in [0.2, 0.25) is 0 Å². The van der Waals surface area contributed by atoms with Gasteiger partial charge in [-0.05, 0) is 80.5 Å². The summed E-state index contributed by atoms with van der Waals surface area (Å²) in [5, 5.41) is 42.7. The van der Waals surface area contributed by atoms with E-state index in [1.807, 2.05) is 32.1 Å². The number of esters is 2. The fourth-order valence-corrected chi connectivity index (χ4v) is 8.48. The summed E-state index contributed by atoms with van der Waals surface area (Å²) in [6, 6.07) is 5.96. The lowest BCUT2D eigenvalue weighted by Gasteiger charge is -2.39. The van der Waals surface area contributed by atoms with E-state index in [1.54, 1.807) is 6.92 Å². The number of hydrogen-bond acceptors (Lipinski definition) is 13. The van der Waals surface area contributed by atoms with E-state index in [9.17, 15) is 34.8 Å². The Morgan fingerprint density at radius 1 is 0.934 bits per heavy atom. The molecule has 3 aromatic heterocycles. The molecule has 1 saturated heterocycles. The predicted molar refractivity (Wildman–Crippen MR) is 228 cm³/mol. The highest BCUT2D eigenvalue weighted by Gasteiger charge is 2.44. The Hall–Kier alpha value is -5.23. The van der Waals surface area contributed by atoms with E-state index >= 15 is 0 Å². The van der Waals surface area contributed by atoms with Gasteiger partial charge in [0.15, 0.2) is 6.29 Å². The number of H-pyrrole nitrogens is 2. The van der Waals surface area contributed by atoms with Gasteiger partial charge in [0.05, 0.1) is 56.5 Å². The average molecular weight is 844 g/mol. The Morgan fingerprint density at radius 2 is 1.66 bits per heavy atom. The lowest BCUT2D eigenvalue weighted by molar-refractivity contribution is -0.301. The molecular weight excluding hydrogens is 787 g/mol. The van der Waals surface area contributed by atoms with Gasteiger partial charge in [-0.3, -0.25) is 14.6 Å². The van der Waals surface area contributed by atoms with Crippen LogP contribution in [0.5, 0.6) is 0 Å².